The van der Waals surface area contributed by atoms with Crippen LogP contribution in [0, 0.1) is 0 Å². The van der Waals surface area contributed by atoms with Gasteiger partial charge in [0.15, 0.2) is 6.17 Å². The average molecular weight is 444 g/mol. The number of thiophene rings is 1. The fourth-order valence-electron chi connectivity index (χ4n) is 3.28. The molecule has 3 aromatic rings. The van der Waals surface area contributed by atoms with Crippen LogP contribution in [-0.2, 0) is 0 Å². The first-order valence-corrected chi connectivity index (χ1v) is 10.6. The summed E-state index contributed by atoms with van der Waals surface area (Å²) in [6.07, 6.45) is 2.35. The van der Waals surface area contributed by atoms with Crippen LogP contribution in [0.2, 0.25) is 5.02 Å². The Balaban J connectivity index is 1.74. The van der Waals surface area contributed by atoms with Gasteiger partial charge in [0.2, 0.25) is 0 Å². The van der Waals surface area contributed by atoms with E-state index in [0.717, 1.165) is 26.4 Å². The maximum absolute atomic E-state index is 11.2. The summed E-state index contributed by atoms with van der Waals surface area (Å²) in [5, 5.41) is 25.8. The minimum Gasteiger partial charge on any atom is -0.395 e. The van der Waals surface area contributed by atoms with Gasteiger partial charge in [-0.15, -0.1) is 11.3 Å². The van der Waals surface area contributed by atoms with E-state index < -0.39 is 6.10 Å². The molecule has 1 aliphatic rings. The molecular formula is C21H22ClN5O2S. The second-order valence-corrected chi connectivity index (χ2v) is 8.38. The van der Waals surface area contributed by atoms with Gasteiger partial charge in [-0.3, -0.25) is 0 Å². The van der Waals surface area contributed by atoms with E-state index in [1.165, 1.54) is 0 Å². The molecule has 9 heteroatoms. The monoisotopic (exact) mass is 443 g/mol. The Labute approximate surface area is 183 Å². The third kappa shape index (κ3) is 4.33. The molecule has 0 saturated carbocycles. The highest BCUT2D eigenvalue weighted by atomic mass is 35.5. The summed E-state index contributed by atoms with van der Waals surface area (Å²) in [4.78, 5) is 10.8. The van der Waals surface area contributed by atoms with E-state index in [1.54, 1.807) is 36.0 Å². The van der Waals surface area contributed by atoms with Crippen molar-refractivity contribution in [2.45, 2.75) is 12.3 Å². The largest absolute Gasteiger partial charge is 0.395 e. The van der Waals surface area contributed by atoms with Crippen molar-refractivity contribution in [3.05, 3.63) is 69.7 Å². The lowest BCUT2D eigenvalue weighted by atomic mass is 10.0. The molecule has 0 aliphatic carbocycles. The number of hydrogen-bond acceptors (Lipinski definition) is 8. The molecule has 0 radical (unpaired) electrons. The van der Waals surface area contributed by atoms with Crippen molar-refractivity contribution >= 4 is 35.1 Å². The smallest absolute Gasteiger partial charge is 0.155 e. The van der Waals surface area contributed by atoms with Gasteiger partial charge in [0.1, 0.15) is 11.9 Å². The van der Waals surface area contributed by atoms with E-state index in [0.29, 0.717) is 17.4 Å². The molecule has 156 valence electrons. The zero-order valence-corrected chi connectivity index (χ0v) is 17.9. The van der Waals surface area contributed by atoms with Gasteiger partial charge in [-0.05, 0) is 41.5 Å². The molecule has 2 unspecified atom stereocenters. The number of benzene rings is 1. The molecule has 0 fully saturated rings. The maximum Gasteiger partial charge on any atom is 0.155 e. The van der Waals surface area contributed by atoms with Crippen LogP contribution in [0.25, 0.3) is 10.4 Å². The van der Waals surface area contributed by atoms with Crippen molar-refractivity contribution in [3.8, 4) is 10.4 Å². The molecule has 2 aromatic heterocycles. The van der Waals surface area contributed by atoms with Gasteiger partial charge in [-0.2, -0.15) is 5.01 Å². The molecule has 2 atom stereocenters. The Bertz CT molecular complexity index is 1040. The van der Waals surface area contributed by atoms with Crippen LogP contribution in [-0.4, -0.2) is 46.7 Å². The van der Waals surface area contributed by atoms with Crippen molar-refractivity contribution in [1.29, 1.82) is 0 Å². The van der Waals surface area contributed by atoms with E-state index >= 15 is 0 Å². The predicted octanol–water partition coefficient (Wildman–Crippen LogP) is 3.43. The predicted molar refractivity (Wildman–Crippen MR) is 121 cm³/mol. The van der Waals surface area contributed by atoms with Gasteiger partial charge < -0.3 is 21.0 Å². The van der Waals surface area contributed by atoms with Crippen LogP contribution in [0.15, 0.2) is 53.7 Å². The van der Waals surface area contributed by atoms with Crippen LogP contribution in [0.3, 0.4) is 0 Å². The lowest BCUT2D eigenvalue weighted by Crippen LogP contribution is -2.29. The molecule has 3 heterocycles. The van der Waals surface area contributed by atoms with Crippen molar-refractivity contribution < 1.29 is 10.2 Å². The van der Waals surface area contributed by atoms with Gasteiger partial charge in [-0.1, -0.05) is 23.7 Å². The number of anilines is 1. The van der Waals surface area contributed by atoms with E-state index in [-0.39, 0.29) is 12.8 Å². The Kier molecular flexibility index (Phi) is 6.31. The van der Waals surface area contributed by atoms with Crippen LogP contribution < -0.4 is 10.7 Å². The summed E-state index contributed by atoms with van der Waals surface area (Å²) in [6.45, 7) is 0.464. The van der Waals surface area contributed by atoms with E-state index in [4.69, 9.17) is 16.7 Å². The Hall–Kier alpha value is -2.49. The first kappa shape index (κ1) is 20.8. The number of pyridine rings is 1. The molecule has 7 nitrogen and oxygen atoms in total. The summed E-state index contributed by atoms with van der Waals surface area (Å²) < 4.78 is 0. The van der Waals surface area contributed by atoms with Crippen LogP contribution in [0.5, 0.6) is 0 Å². The number of nitrogens with zero attached hydrogens (tertiary/aromatic N) is 3. The molecule has 0 spiro atoms. The molecular weight excluding hydrogens is 422 g/mol. The highest BCUT2D eigenvalue weighted by molar-refractivity contribution is 7.15. The maximum atomic E-state index is 11.2. The number of hydrazine groups is 1. The molecule has 30 heavy (non-hydrogen) atoms. The Morgan fingerprint density at radius 2 is 2.07 bits per heavy atom. The van der Waals surface area contributed by atoms with Crippen LogP contribution in [0.1, 0.15) is 28.3 Å². The number of hydrogen-bond donors (Lipinski definition) is 4. The molecule has 0 saturated heterocycles. The Morgan fingerprint density at radius 1 is 1.27 bits per heavy atom. The minimum atomic E-state index is -0.805. The third-order valence-corrected chi connectivity index (χ3v) is 6.30. The molecule has 0 bridgehead atoms. The zero-order valence-electron chi connectivity index (χ0n) is 16.3. The summed E-state index contributed by atoms with van der Waals surface area (Å²) in [7, 11) is 1.92. The standard InChI is InChI=1S/C21H22ClN5O2S/c1-27-21(25-12-26-27)20-16(19(29)13-2-4-15(22)5-3-13)11-17(30-20)14-6-7-23-18(10-14)24-8-9-28/h2-7,10-12,19,21,28-29H,8-9H2,1H3,(H,23,24)(H,25,26). The average Bonchev–Trinajstić information content (AvgIpc) is 3.38. The summed E-state index contributed by atoms with van der Waals surface area (Å²) in [5.74, 6) is 0.689. The third-order valence-electron chi connectivity index (χ3n) is 4.81. The molecule has 4 N–H and O–H groups in total. The zero-order chi connectivity index (χ0) is 21.1. The van der Waals surface area contributed by atoms with Crippen molar-refractivity contribution in [2.75, 3.05) is 25.5 Å². The topological polar surface area (TPSA) is 93.0 Å². The normalized spacial score (nSPS) is 17.1. The van der Waals surface area contributed by atoms with E-state index in [1.807, 2.05) is 42.4 Å². The van der Waals surface area contributed by atoms with Crippen LogP contribution >= 0.6 is 22.9 Å². The second-order valence-electron chi connectivity index (χ2n) is 6.86. The number of halogens is 1. The number of nitrogens with one attached hydrogen (secondary N) is 2. The first-order valence-electron chi connectivity index (χ1n) is 9.46. The highest BCUT2D eigenvalue weighted by Gasteiger charge is 2.28. The summed E-state index contributed by atoms with van der Waals surface area (Å²) in [5.41, 5.74) is 5.61. The highest BCUT2D eigenvalue weighted by Crippen LogP contribution is 2.42. The quantitative estimate of drug-likeness (QED) is 0.447. The van der Waals surface area contributed by atoms with Crippen molar-refractivity contribution in [1.82, 2.24) is 15.4 Å². The Morgan fingerprint density at radius 3 is 2.77 bits per heavy atom. The van der Waals surface area contributed by atoms with Crippen molar-refractivity contribution in [2.24, 2.45) is 4.99 Å². The number of aromatic nitrogens is 1. The second kappa shape index (κ2) is 9.11. The molecule has 4 rings (SSSR count). The number of aliphatic imine (C=N–C) groups is 1. The first-order chi connectivity index (χ1) is 14.6. The summed E-state index contributed by atoms with van der Waals surface area (Å²) >= 11 is 7.60. The lowest BCUT2D eigenvalue weighted by molar-refractivity contribution is 0.210. The van der Waals surface area contributed by atoms with Crippen LogP contribution in [0.4, 0.5) is 5.82 Å². The number of aliphatic hydroxyl groups excluding tert-OH is 2. The fourth-order valence-corrected chi connectivity index (χ4v) is 4.68. The van der Waals surface area contributed by atoms with Gasteiger partial charge in [0.05, 0.1) is 17.8 Å². The molecule has 1 aliphatic heterocycles. The van der Waals surface area contributed by atoms with E-state index in [2.05, 4.69) is 20.7 Å². The SMILES string of the molecule is CN1NC=NC1c1sc(-c2ccnc(NCCO)c2)cc1C(O)c1ccc(Cl)cc1. The van der Waals surface area contributed by atoms with Gasteiger partial charge in [0, 0.05) is 35.3 Å². The minimum absolute atomic E-state index is 0.0332. The molecule has 0 amide bonds. The van der Waals surface area contributed by atoms with Gasteiger partial charge >= 0.3 is 0 Å². The number of rotatable bonds is 7. The van der Waals surface area contributed by atoms with Crippen molar-refractivity contribution in [3.63, 3.8) is 0 Å². The van der Waals surface area contributed by atoms with Gasteiger partial charge in [0.25, 0.3) is 0 Å². The number of aliphatic hydroxyl groups is 2. The fraction of sp³-hybridized carbons (Fsp3) is 0.238. The summed E-state index contributed by atoms with van der Waals surface area (Å²) in [6, 6.07) is 13.1. The van der Waals surface area contributed by atoms with Gasteiger partial charge in [-0.25, -0.2) is 9.98 Å². The molecule has 1 aromatic carbocycles. The lowest BCUT2D eigenvalue weighted by Gasteiger charge is -2.20. The van der Waals surface area contributed by atoms with E-state index in [9.17, 15) is 5.11 Å².